The summed E-state index contributed by atoms with van der Waals surface area (Å²) in [7, 11) is 1.62. The SMILES string of the molecule is COCOc1ccc(-c2c3n(c4cccnc24)CCC3)cc1. The molecule has 112 valence electrons. The topological polar surface area (TPSA) is 36.3 Å². The van der Waals surface area contributed by atoms with Gasteiger partial charge in [0.25, 0.3) is 0 Å². The predicted octanol–water partition coefficient (Wildman–Crippen LogP) is 3.63. The lowest BCUT2D eigenvalue weighted by atomic mass is 10.0. The molecule has 0 amide bonds. The van der Waals surface area contributed by atoms with E-state index in [1.54, 1.807) is 7.11 Å². The van der Waals surface area contributed by atoms with Crippen molar-refractivity contribution in [2.75, 3.05) is 13.9 Å². The van der Waals surface area contributed by atoms with Crippen LogP contribution in [0.4, 0.5) is 0 Å². The number of pyridine rings is 1. The number of aromatic nitrogens is 2. The average Bonchev–Trinajstić information content (AvgIpc) is 3.14. The van der Waals surface area contributed by atoms with Crippen LogP contribution in [0.3, 0.4) is 0 Å². The van der Waals surface area contributed by atoms with Gasteiger partial charge in [-0.3, -0.25) is 4.98 Å². The molecule has 1 aliphatic heterocycles. The molecular formula is C18H18N2O2. The summed E-state index contributed by atoms with van der Waals surface area (Å²) in [5, 5.41) is 0. The minimum atomic E-state index is 0.269. The fourth-order valence-electron chi connectivity index (χ4n) is 3.29. The molecule has 0 saturated carbocycles. The summed E-state index contributed by atoms with van der Waals surface area (Å²) in [6, 6.07) is 12.4. The van der Waals surface area contributed by atoms with E-state index in [2.05, 4.69) is 27.8 Å². The molecule has 4 rings (SSSR count). The Labute approximate surface area is 129 Å². The molecule has 0 unspecified atom stereocenters. The van der Waals surface area contributed by atoms with E-state index < -0.39 is 0 Å². The zero-order valence-corrected chi connectivity index (χ0v) is 12.6. The van der Waals surface area contributed by atoms with Crippen molar-refractivity contribution >= 4 is 11.0 Å². The van der Waals surface area contributed by atoms with Gasteiger partial charge in [0.2, 0.25) is 0 Å². The molecule has 0 aliphatic carbocycles. The van der Waals surface area contributed by atoms with Crippen molar-refractivity contribution < 1.29 is 9.47 Å². The minimum Gasteiger partial charge on any atom is -0.468 e. The van der Waals surface area contributed by atoms with E-state index in [0.29, 0.717) is 0 Å². The summed E-state index contributed by atoms with van der Waals surface area (Å²) in [6.45, 7) is 1.36. The van der Waals surface area contributed by atoms with Crippen molar-refractivity contribution in [3.63, 3.8) is 0 Å². The molecule has 1 aliphatic rings. The summed E-state index contributed by atoms with van der Waals surface area (Å²) in [5.74, 6) is 0.818. The van der Waals surface area contributed by atoms with Crippen molar-refractivity contribution in [1.29, 1.82) is 0 Å². The van der Waals surface area contributed by atoms with Crippen LogP contribution in [-0.2, 0) is 17.7 Å². The number of methoxy groups -OCH3 is 1. The molecule has 0 fully saturated rings. The third kappa shape index (κ3) is 2.07. The Hall–Kier alpha value is -2.33. The molecule has 0 spiro atoms. The lowest BCUT2D eigenvalue weighted by Gasteiger charge is -2.07. The van der Waals surface area contributed by atoms with Gasteiger partial charge in [-0.05, 0) is 42.7 Å². The van der Waals surface area contributed by atoms with Gasteiger partial charge in [0.05, 0.1) is 11.0 Å². The standard InChI is InChI=1S/C18H18N2O2/c1-21-12-22-14-8-6-13(7-9-14)17-15-5-3-11-20(15)16-4-2-10-19-18(16)17/h2,4,6-10H,3,5,11-12H2,1H3. The number of hydrogen-bond donors (Lipinski definition) is 0. The first-order valence-electron chi connectivity index (χ1n) is 7.57. The Morgan fingerprint density at radius 3 is 2.86 bits per heavy atom. The zero-order chi connectivity index (χ0) is 14.9. The van der Waals surface area contributed by atoms with Gasteiger partial charge < -0.3 is 14.0 Å². The van der Waals surface area contributed by atoms with E-state index in [1.807, 2.05) is 24.4 Å². The molecule has 22 heavy (non-hydrogen) atoms. The van der Waals surface area contributed by atoms with Crippen molar-refractivity contribution in [3.8, 4) is 16.9 Å². The third-order valence-electron chi connectivity index (χ3n) is 4.21. The molecule has 4 heteroatoms. The third-order valence-corrected chi connectivity index (χ3v) is 4.21. The Kier molecular flexibility index (Phi) is 3.31. The number of rotatable bonds is 4. The fraction of sp³-hybridized carbons (Fsp3) is 0.278. The second kappa shape index (κ2) is 5.46. The van der Waals surface area contributed by atoms with Crippen LogP contribution < -0.4 is 4.74 Å². The van der Waals surface area contributed by atoms with E-state index in [-0.39, 0.29) is 6.79 Å². The Morgan fingerprint density at radius 1 is 1.18 bits per heavy atom. The van der Waals surface area contributed by atoms with Crippen LogP contribution in [0.15, 0.2) is 42.6 Å². The maximum absolute atomic E-state index is 5.46. The van der Waals surface area contributed by atoms with Crippen LogP contribution in [0.1, 0.15) is 12.1 Å². The summed E-state index contributed by atoms with van der Waals surface area (Å²) >= 11 is 0. The molecule has 0 saturated heterocycles. The van der Waals surface area contributed by atoms with Gasteiger partial charge in [0, 0.05) is 31.1 Å². The molecule has 4 nitrogen and oxygen atoms in total. The highest BCUT2D eigenvalue weighted by atomic mass is 16.7. The number of fused-ring (bicyclic) bond motifs is 3. The maximum atomic E-state index is 5.46. The fourth-order valence-corrected chi connectivity index (χ4v) is 3.29. The smallest absolute Gasteiger partial charge is 0.188 e. The van der Waals surface area contributed by atoms with Gasteiger partial charge in [-0.2, -0.15) is 0 Å². The summed E-state index contributed by atoms with van der Waals surface area (Å²) in [4.78, 5) is 4.62. The first-order chi connectivity index (χ1) is 10.9. The molecule has 3 heterocycles. The van der Waals surface area contributed by atoms with Crippen LogP contribution in [0.5, 0.6) is 5.75 Å². The van der Waals surface area contributed by atoms with Gasteiger partial charge >= 0.3 is 0 Å². The Bertz CT molecular complexity index is 806. The van der Waals surface area contributed by atoms with E-state index in [1.165, 1.54) is 28.8 Å². The molecule has 0 radical (unpaired) electrons. The first kappa shape index (κ1) is 13.3. The molecule has 3 aromatic rings. The minimum absolute atomic E-state index is 0.269. The maximum Gasteiger partial charge on any atom is 0.188 e. The van der Waals surface area contributed by atoms with Crippen LogP contribution in [0.2, 0.25) is 0 Å². The number of benzene rings is 1. The van der Waals surface area contributed by atoms with Gasteiger partial charge in [-0.25, -0.2) is 0 Å². The lowest BCUT2D eigenvalue weighted by Crippen LogP contribution is -1.98. The number of hydrogen-bond acceptors (Lipinski definition) is 3. The van der Waals surface area contributed by atoms with Crippen LogP contribution in [-0.4, -0.2) is 23.5 Å². The van der Waals surface area contributed by atoms with Gasteiger partial charge in [-0.1, -0.05) is 12.1 Å². The zero-order valence-electron chi connectivity index (χ0n) is 12.6. The Morgan fingerprint density at radius 2 is 2.05 bits per heavy atom. The lowest BCUT2D eigenvalue weighted by molar-refractivity contribution is 0.0511. The molecule has 1 aromatic carbocycles. The van der Waals surface area contributed by atoms with Crippen LogP contribution >= 0.6 is 0 Å². The highest BCUT2D eigenvalue weighted by Gasteiger charge is 2.22. The molecule has 0 bridgehead atoms. The first-order valence-corrected chi connectivity index (χ1v) is 7.57. The summed E-state index contributed by atoms with van der Waals surface area (Å²) < 4.78 is 12.8. The summed E-state index contributed by atoms with van der Waals surface area (Å²) in [6.07, 6.45) is 4.20. The van der Waals surface area contributed by atoms with Crippen LogP contribution in [0.25, 0.3) is 22.2 Å². The monoisotopic (exact) mass is 294 g/mol. The summed E-state index contributed by atoms with van der Waals surface area (Å²) in [5.41, 5.74) is 6.21. The second-order valence-electron chi connectivity index (χ2n) is 5.52. The van der Waals surface area contributed by atoms with Crippen molar-refractivity contribution in [1.82, 2.24) is 9.55 Å². The largest absolute Gasteiger partial charge is 0.468 e. The molecule has 0 atom stereocenters. The highest BCUT2D eigenvalue weighted by Crippen LogP contribution is 2.37. The van der Waals surface area contributed by atoms with Crippen molar-refractivity contribution in [3.05, 3.63) is 48.3 Å². The van der Waals surface area contributed by atoms with Gasteiger partial charge in [0.15, 0.2) is 6.79 Å². The number of aryl methyl sites for hydroxylation is 1. The number of ether oxygens (including phenoxy) is 2. The van der Waals surface area contributed by atoms with E-state index >= 15 is 0 Å². The quantitative estimate of drug-likeness (QED) is 0.689. The van der Waals surface area contributed by atoms with Gasteiger partial charge in [0.1, 0.15) is 5.75 Å². The van der Waals surface area contributed by atoms with E-state index in [0.717, 1.165) is 24.2 Å². The predicted molar refractivity (Wildman–Crippen MR) is 86.0 cm³/mol. The molecule has 0 N–H and O–H groups in total. The van der Waals surface area contributed by atoms with Crippen molar-refractivity contribution in [2.24, 2.45) is 0 Å². The van der Waals surface area contributed by atoms with Gasteiger partial charge in [-0.15, -0.1) is 0 Å². The van der Waals surface area contributed by atoms with Crippen LogP contribution in [0, 0.1) is 0 Å². The average molecular weight is 294 g/mol. The highest BCUT2D eigenvalue weighted by molar-refractivity contribution is 5.95. The Balaban J connectivity index is 1.81. The normalized spacial score (nSPS) is 13.5. The number of nitrogens with zero attached hydrogens (tertiary/aromatic N) is 2. The molecular weight excluding hydrogens is 276 g/mol. The van der Waals surface area contributed by atoms with E-state index in [9.17, 15) is 0 Å². The second-order valence-corrected chi connectivity index (χ2v) is 5.52. The molecule has 2 aromatic heterocycles. The van der Waals surface area contributed by atoms with E-state index in [4.69, 9.17) is 9.47 Å². The van der Waals surface area contributed by atoms with Crippen molar-refractivity contribution in [2.45, 2.75) is 19.4 Å².